The molecule has 1 atom stereocenters. The van der Waals surface area contributed by atoms with E-state index in [1.54, 1.807) is 13.8 Å². The molecule has 1 aliphatic rings. The molecular weight excluding hydrogens is 536 g/mol. The molecule has 188 valence electrons. The number of carbonyl (C=O) groups excluding carboxylic acids is 1. The first kappa shape index (κ1) is 24.8. The van der Waals surface area contributed by atoms with E-state index < -0.39 is 23.6 Å². The van der Waals surface area contributed by atoms with Gasteiger partial charge in [-0.3, -0.25) is 10.1 Å². The van der Waals surface area contributed by atoms with Crippen LogP contribution < -0.4 is 5.32 Å². The van der Waals surface area contributed by atoms with Crippen LogP contribution in [0.5, 0.6) is 0 Å². The summed E-state index contributed by atoms with van der Waals surface area (Å²) in [6.45, 7) is 3.56. The molecular formula is C29H25BrN2O5. The molecule has 3 aromatic carbocycles. The molecule has 1 saturated carbocycles. The van der Waals surface area contributed by atoms with Crippen LogP contribution in [0, 0.1) is 6.92 Å². The number of amides is 1. The lowest BCUT2D eigenvalue weighted by atomic mass is 9.93. The van der Waals surface area contributed by atoms with Crippen LogP contribution in [0.1, 0.15) is 42.7 Å². The summed E-state index contributed by atoms with van der Waals surface area (Å²) >= 11 is 3.43. The first-order valence-electron chi connectivity index (χ1n) is 11.9. The van der Waals surface area contributed by atoms with Crippen LogP contribution >= 0.6 is 15.9 Å². The van der Waals surface area contributed by atoms with Crippen molar-refractivity contribution >= 4 is 33.7 Å². The van der Waals surface area contributed by atoms with E-state index in [-0.39, 0.29) is 0 Å². The minimum atomic E-state index is -0.761. The Kier molecular flexibility index (Phi) is 6.60. The molecule has 1 amide bonds. The summed E-state index contributed by atoms with van der Waals surface area (Å²) in [4.78, 5) is 24.2. The lowest BCUT2D eigenvalue weighted by molar-refractivity contribution is -0.140. The van der Waals surface area contributed by atoms with Crippen LogP contribution in [0.25, 0.3) is 22.5 Å². The lowest BCUT2D eigenvalue weighted by Gasteiger charge is -2.14. The van der Waals surface area contributed by atoms with Crippen LogP contribution in [-0.2, 0) is 14.9 Å². The summed E-state index contributed by atoms with van der Waals surface area (Å²) in [5.74, 6) is -0.327. The monoisotopic (exact) mass is 560 g/mol. The fourth-order valence-electron chi connectivity index (χ4n) is 4.38. The Morgan fingerprint density at radius 2 is 1.65 bits per heavy atom. The molecule has 0 bridgehead atoms. The number of carboxylic acid groups (broad SMARTS) is 1. The fourth-order valence-corrected chi connectivity index (χ4v) is 4.80. The second-order valence-electron chi connectivity index (χ2n) is 9.24. The summed E-state index contributed by atoms with van der Waals surface area (Å²) < 4.78 is 12.0. The van der Waals surface area contributed by atoms with E-state index in [4.69, 9.17) is 9.26 Å². The molecule has 7 nitrogen and oxygen atoms in total. The van der Waals surface area contributed by atoms with Gasteiger partial charge in [-0.05, 0) is 61.1 Å². The van der Waals surface area contributed by atoms with Crippen LogP contribution in [0.2, 0.25) is 0 Å². The van der Waals surface area contributed by atoms with Crippen LogP contribution in [-0.4, -0.2) is 22.3 Å². The third-order valence-electron chi connectivity index (χ3n) is 6.77. The van der Waals surface area contributed by atoms with E-state index in [0.717, 1.165) is 32.3 Å². The first-order valence-corrected chi connectivity index (χ1v) is 12.7. The number of nitrogens with one attached hydrogen (secondary N) is 1. The molecule has 4 aromatic rings. The van der Waals surface area contributed by atoms with Crippen molar-refractivity contribution in [3.63, 3.8) is 0 Å². The van der Waals surface area contributed by atoms with Crippen LogP contribution in [0.15, 0.2) is 81.8 Å². The predicted molar refractivity (Wildman–Crippen MR) is 143 cm³/mol. The number of aliphatic carboxylic acids is 1. The summed E-state index contributed by atoms with van der Waals surface area (Å²) in [6, 6.07) is 23.0. The standard InChI is InChI=1S/C29H25BrN2O5/c1-17-25(31-28(35)36-18(2)22-4-3-5-24(30)16-22)26(37-32-17)21-8-6-19(7-9-21)20-10-12-23(13-11-20)29(14-15-29)27(33)34/h3-13,16,18H,14-15H2,1-2H3,(H,31,35)(H,33,34). The molecule has 5 rings (SSSR count). The second-order valence-corrected chi connectivity index (χ2v) is 10.2. The third kappa shape index (κ3) is 5.02. The molecule has 0 radical (unpaired) electrons. The number of hydrogen-bond acceptors (Lipinski definition) is 5. The average molecular weight is 561 g/mol. The zero-order chi connectivity index (χ0) is 26.2. The van der Waals surface area contributed by atoms with Crippen molar-refractivity contribution in [3.05, 3.63) is 94.1 Å². The molecule has 8 heteroatoms. The Labute approximate surface area is 222 Å². The number of aryl methyl sites for hydroxylation is 1. The number of carbonyl (C=O) groups is 2. The maximum absolute atomic E-state index is 12.6. The van der Waals surface area contributed by atoms with Gasteiger partial charge in [0.1, 0.15) is 17.5 Å². The molecule has 1 heterocycles. The number of aromatic nitrogens is 1. The number of carboxylic acids is 1. The van der Waals surface area contributed by atoms with Crippen LogP contribution in [0.3, 0.4) is 0 Å². The van der Waals surface area contributed by atoms with Crippen LogP contribution in [0.4, 0.5) is 10.5 Å². The Morgan fingerprint density at radius 3 is 2.24 bits per heavy atom. The molecule has 2 N–H and O–H groups in total. The topological polar surface area (TPSA) is 102 Å². The van der Waals surface area contributed by atoms with Crippen molar-refractivity contribution in [1.82, 2.24) is 5.16 Å². The highest BCUT2D eigenvalue weighted by atomic mass is 79.9. The van der Waals surface area contributed by atoms with E-state index in [1.807, 2.05) is 72.8 Å². The van der Waals surface area contributed by atoms with Crippen molar-refractivity contribution in [2.45, 2.75) is 38.2 Å². The minimum Gasteiger partial charge on any atom is -0.481 e. The van der Waals surface area contributed by atoms with Gasteiger partial charge in [-0.15, -0.1) is 0 Å². The summed E-state index contributed by atoms with van der Waals surface area (Å²) in [7, 11) is 0. The van der Waals surface area contributed by atoms with Gasteiger partial charge in [0.05, 0.1) is 5.41 Å². The second kappa shape index (κ2) is 9.86. The Bertz CT molecular complexity index is 1460. The maximum Gasteiger partial charge on any atom is 0.412 e. The third-order valence-corrected chi connectivity index (χ3v) is 7.26. The highest BCUT2D eigenvalue weighted by Crippen LogP contribution is 2.48. The number of anilines is 1. The van der Waals surface area contributed by atoms with Crippen molar-refractivity contribution in [2.24, 2.45) is 0 Å². The normalized spacial score (nSPS) is 14.6. The highest BCUT2D eigenvalue weighted by molar-refractivity contribution is 9.10. The largest absolute Gasteiger partial charge is 0.481 e. The van der Waals surface area contributed by atoms with Crippen molar-refractivity contribution < 1.29 is 24.0 Å². The number of rotatable bonds is 7. The summed E-state index contributed by atoms with van der Waals surface area (Å²) in [5.41, 5.74) is 4.68. The van der Waals surface area contributed by atoms with Gasteiger partial charge in [0.25, 0.3) is 0 Å². The molecule has 1 aromatic heterocycles. The molecule has 1 fully saturated rings. The smallest absolute Gasteiger partial charge is 0.412 e. The Hall–Kier alpha value is -3.91. The van der Waals surface area contributed by atoms with Gasteiger partial charge in [0.2, 0.25) is 0 Å². The van der Waals surface area contributed by atoms with E-state index in [1.165, 1.54) is 0 Å². The first-order chi connectivity index (χ1) is 17.8. The Balaban J connectivity index is 1.30. The molecule has 0 saturated heterocycles. The maximum atomic E-state index is 12.6. The van der Waals surface area contributed by atoms with E-state index in [0.29, 0.717) is 30.0 Å². The number of benzene rings is 3. The zero-order valence-electron chi connectivity index (χ0n) is 20.3. The summed E-state index contributed by atoms with van der Waals surface area (Å²) in [5, 5.41) is 16.3. The van der Waals surface area contributed by atoms with Crippen molar-refractivity contribution in [2.75, 3.05) is 5.32 Å². The molecule has 1 unspecified atom stereocenters. The van der Waals surface area contributed by atoms with E-state index in [9.17, 15) is 14.7 Å². The van der Waals surface area contributed by atoms with Gasteiger partial charge in [0.15, 0.2) is 5.76 Å². The minimum absolute atomic E-state index is 0.434. The molecule has 37 heavy (non-hydrogen) atoms. The lowest BCUT2D eigenvalue weighted by Crippen LogP contribution is -2.19. The fraction of sp³-hybridized carbons (Fsp3) is 0.207. The number of nitrogens with zero attached hydrogens (tertiary/aromatic N) is 1. The van der Waals surface area contributed by atoms with Gasteiger partial charge < -0.3 is 14.4 Å². The quantitative estimate of drug-likeness (QED) is 0.242. The number of ether oxygens (including phenoxy) is 1. The highest BCUT2D eigenvalue weighted by Gasteiger charge is 2.51. The van der Waals surface area contributed by atoms with E-state index in [2.05, 4.69) is 26.4 Å². The van der Waals surface area contributed by atoms with Gasteiger partial charge >= 0.3 is 12.1 Å². The molecule has 1 aliphatic carbocycles. The van der Waals surface area contributed by atoms with Gasteiger partial charge in [0, 0.05) is 10.0 Å². The number of hydrogen-bond donors (Lipinski definition) is 2. The average Bonchev–Trinajstić information content (AvgIpc) is 3.64. The van der Waals surface area contributed by atoms with Crippen molar-refractivity contribution in [3.8, 4) is 22.5 Å². The van der Waals surface area contributed by atoms with Crippen molar-refractivity contribution in [1.29, 1.82) is 0 Å². The predicted octanol–water partition coefficient (Wildman–Crippen LogP) is 7.51. The SMILES string of the molecule is Cc1noc(-c2ccc(-c3ccc(C4(C(=O)O)CC4)cc3)cc2)c1NC(=O)OC(C)c1cccc(Br)c1. The summed E-state index contributed by atoms with van der Waals surface area (Å²) in [6.07, 6.45) is 0.309. The van der Waals surface area contributed by atoms with E-state index >= 15 is 0 Å². The Morgan fingerprint density at radius 1 is 1.03 bits per heavy atom. The van der Waals surface area contributed by atoms with Gasteiger partial charge in [-0.25, -0.2) is 4.79 Å². The number of halogens is 1. The molecule has 0 aliphatic heterocycles. The van der Waals surface area contributed by atoms with Gasteiger partial charge in [-0.2, -0.15) is 0 Å². The van der Waals surface area contributed by atoms with Gasteiger partial charge in [-0.1, -0.05) is 81.8 Å². The zero-order valence-corrected chi connectivity index (χ0v) is 21.9. The molecule has 0 spiro atoms.